The summed E-state index contributed by atoms with van der Waals surface area (Å²) in [5.41, 5.74) is 0. The Balaban J connectivity index is 1.79. The second-order valence-electron chi connectivity index (χ2n) is 4.20. The molecule has 0 amide bonds. The van der Waals surface area contributed by atoms with Crippen LogP contribution in [0, 0.1) is 0 Å². The maximum Gasteiger partial charge on any atom is 0.187 e. The molecule has 0 radical (unpaired) electrons. The van der Waals surface area contributed by atoms with Gasteiger partial charge in [0.05, 0.1) is 18.0 Å². The SMILES string of the molecule is COCOCC1CSC(N2CCC2SC(C)=O)=N1. The van der Waals surface area contributed by atoms with E-state index >= 15 is 0 Å². The van der Waals surface area contributed by atoms with Crippen LogP contribution in [0.2, 0.25) is 0 Å². The minimum Gasteiger partial charge on any atom is -0.359 e. The summed E-state index contributed by atoms with van der Waals surface area (Å²) in [4.78, 5) is 18.0. The molecule has 1 fully saturated rings. The molecular weight excluding hydrogens is 272 g/mol. The molecule has 0 aromatic heterocycles. The van der Waals surface area contributed by atoms with Crippen molar-refractivity contribution in [3.05, 3.63) is 0 Å². The molecule has 2 rings (SSSR count). The van der Waals surface area contributed by atoms with Gasteiger partial charge >= 0.3 is 0 Å². The average Bonchev–Trinajstić information content (AvgIpc) is 2.73. The minimum atomic E-state index is 0.174. The fourth-order valence-electron chi connectivity index (χ4n) is 1.81. The highest BCUT2D eigenvalue weighted by Crippen LogP contribution is 2.34. The molecule has 18 heavy (non-hydrogen) atoms. The quantitative estimate of drug-likeness (QED) is 0.563. The summed E-state index contributed by atoms with van der Waals surface area (Å²) >= 11 is 3.15. The highest BCUT2D eigenvalue weighted by molar-refractivity contribution is 8.15. The molecule has 2 unspecified atom stereocenters. The van der Waals surface area contributed by atoms with Crippen molar-refractivity contribution in [2.75, 3.05) is 32.8 Å². The second-order valence-corrected chi connectivity index (χ2v) is 6.54. The van der Waals surface area contributed by atoms with Gasteiger partial charge in [-0.2, -0.15) is 0 Å². The zero-order valence-corrected chi connectivity index (χ0v) is 12.3. The van der Waals surface area contributed by atoms with Gasteiger partial charge in [0.2, 0.25) is 0 Å². The van der Waals surface area contributed by atoms with Gasteiger partial charge < -0.3 is 14.4 Å². The van der Waals surface area contributed by atoms with Crippen molar-refractivity contribution in [3.8, 4) is 0 Å². The number of aliphatic imine (C=N–C) groups is 1. The molecule has 102 valence electrons. The normalized spacial score (nSPS) is 27.0. The molecule has 7 heteroatoms. The molecule has 2 heterocycles. The third-order valence-electron chi connectivity index (χ3n) is 2.72. The zero-order chi connectivity index (χ0) is 13.0. The summed E-state index contributed by atoms with van der Waals surface area (Å²) in [5.74, 6) is 0.951. The molecule has 5 nitrogen and oxygen atoms in total. The minimum absolute atomic E-state index is 0.174. The number of amidine groups is 1. The molecule has 2 atom stereocenters. The van der Waals surface area contributed by atoms with Crippen molar-refractivity contribution < 1.29 is 14.3 Å². The van der Waals surface area contributed by atoms with E-state index in [4.69, 9.17) is 9.47 Å². The van der Waals surface area contributed by atoms with E-state index in [1.807, 2.05) is 0 Å². The van der Waals surface area contributed by atoms with E-state index < -0.39 is 0 Å². The Hall–Kier alpha value is -0.240. The molecule has 1 saturated heterocycles. The largest absolute Gasteiger partial charge is 0.359 e. The Morgan fingerprint density at radius 1 is 1.67 bits per heavy atom. The fraction of sp³-hybridized carbons (Fsp3) is 0.818. The summed E-state index contributed by atoms with van der Waals surface area (Å²) in [6.45, 7) is 3.54. The third-order valence-corrected chi connectivity index (χ3v) is 4.97. The smallest absolute Gasteiger partial charge is 0.187 e. The van der Waals surface area contributed by atoms with Crippen LogP contribution in [0.3, 0.4) is 0 Å². The standard InChI is InChI=1S/C11H18N2O3S2/c1-8(14)18-10-3-4-13(10)11-12-9(6-17-11)5-16-7-15-2/h9-10H,3-7H2,1-2H3. The topological polar surface area (TPSA) is 51.1 Å². The van der Waals surface area contributed by atoms with Gasteiger partial charge in [-0.25, -0.2) is 0 Å². The predicted molar refractivity (Wildman–Crippen MR) is 74.9 cm³/mol. The van der Waals surface area contributed by atoms with Crippen LogP contribution < -0.4 is 0 Å². The molecule has 0 N–H and O–H groups in total. The van der Waals surface area contributed by atoms with Crippen molar-refractivity contribution in [2.45, 2.75) is 24.8 Å². The Morgan fingerprint density at radius 3 is 3.11 bits per heavy atom. The van der Waals surface area contributed by atoms with Crippen LogP contribution in [0.4, 0.5) is 0 Å². The van der Waals surface area contributed by atoms with Gasteiger partial charge in [0.15, 0.2) is 10.3 Å². The highest BCUT2D eigenvalue weighted by atomic mass is 32.2. The molecule has 0 aromatic carbocycles. The Labute approximate surface area is 116 Å². The average molecular weight is 290 g/mol. The molecule has 0 aromatic rings. The molecule has 2 aliphatic heterocycles. The summed E-state index contributed by atoms with van der Waals surface area (Å²) in [6, 6.07) is 0.212. The van der Waals surface area contributed by atoms with Gasteiger partial charge in [-0.3, -0.25) is 9.79 Å². The van der Waals surface area contributed by atoms with E-state index in [1.54, 1.807) is 25.8 Å². The van der Waals surface area contributed by atoms with E-state index in [2.05, 4.69) is 9.89 Å². The lowest BCUT2D eigenvalue weighted by Crippen LogP contribution is -2.48. The number of nitrogens with zero attached hydrogens (tertiary/aromatic N) is 2. The molecular formula is C11H18N2O3S2. The van der Waals surface area contributed by atoms with Crippen LogP contribution in [0.25, 0.3) is 0 Å². The number of hydrogen-bond donors (Lipinski definition) is 0. The molecule has 2 aliphatic rings. The van der Waals surface area contributed by atoms with Crippen LogP contribution in [-0.4, -0.2) is 59.4 Å². The van der Waals surface area contributed by atoms with Crippen molar-refractivity contribution >= 4 is 33.8 Å². The molecule has 0 spiro atoms. The monoisotopic (exact) mass is 290 g/mol. The van der Waals surface area contributed by atoms with Crippen LogP contribution in [0.15, 0.2) is 4.99 Å². The van der Waals surface area contributed by atoms with Crippen LogP contribution in [-0.2, 0) is 14.3 Å². The van der Waals surface area contributed by atoms with E-state index in [9.17, 15) is 4.79 Å². The zero-order valence-electron chi connectivity index (χ0n) is 10.6. The Kier molecular flexibility index (Phi) is 5.35. The first-order chi connectivity index (χ1) is 8.70. The van der Waals surface area contributed by atoms with Crippen molar-refractivity contribution in [1.29, 1.82) is 0 Å². The van der Waals surface area contributed by atoms with E-state index in [-0.39, 0.29) is 16.5 Å². The number of likely N-dealkylation sites (tertiary alicyclic amines) is 1. The lowest BCUT2D eigenvalue weighted by Gasteiger charge is -2.40. The maximum atomic E-state index is 11.1. The van der Waals surface area contributed by atoms with Crippen molar-refractivity contribution in [2.24, 2.45) is 4.99 Å². The summed E-state index contributed by atoms with van der Waals surface area (Å²) in [7, 11) is 1.61. The predicted octanol–water partition coefficient (Wildman–Crippen LogP) is 1.39. The number of thioether (sulfide) groups is 2. The first-order valence-corrected chi connectivity index (χ1v) is 7.78. The maximum absolute atomic E-state index is 11.1. The van der Waals surface area contributed by atoms with Gasteiger partial charge in [-0.1, -0.05) is 23.5 Å². The number of methoxy groups -OCH3 is 1. The van der Waals surface area contributed by atoms with Gasteiger partial charge in [0.25, 0.3) is 0 Å². The van der Waals surface area contributed by atoms with E-state index in [0.29, 0.717) is 13.4 Å². The third kappa shape index (κ3) is 3.63. The number of hydrogen-bond acceptors (Lipinski definition) is 7. The van der Waals surface area contributed by atoms with Crippen molar-refractivity contribution in [1.82, 2.24) is 4.90 Å². The molecule has 0 aliphatic carbocycles. The Bertz CT molecular complexity index is 338. The van der Waals surface area contributed by atoms with Crippen LogP contribution >= 0.6 is 23.5 Å². The van der Waals surface area contributed by atoms with E-state index in [0.717, 1.165) is 23.9 Å². The molecule has 0 saturated carbocycles. The molecule has 0 bridgehead atoms. The fourth-order valence-corrected chi connectivity index (χ4v) is 3.93. The number of rotatable bonds is 5. The highest BCUT2D eigenvalue weighted by Gasteiger charge is 2.35. The number of carbonyl (C=O) groups is 1. The lowest BCUT2D eigenvalue weighted by atomic mass is 10.2. The summed E-state index contributed by atoms with van der Waals surface area (Å²) in [5, 5.41) is 1.52. The van der Waals surface area contributed by atoms with Crippen LogP contribution in [0.5, 0.6) is 0 Å². The van der Waals surface area contributed by atoms with Gasteiger partial charge in [0.1, 0.15) is 6.79 Å². The first-order valence-electron chi connectivity index (χ1n) is 5.92. The summed E-state index contributed by atoms with van der Waals surface area (Å²) < 4.78 is 10.2. The number of carbonyl (C=O) groups excluding carboxylic acids is 1. The van der Waals surface area contributed by atoms with Crippen LogP contribution in [0.1, 0.15) is 13.3 Å². The lowest BCUT2D eigenvalue weighted by molar-refractivity contribution is -0.109. The van der Waals surface area contributed by atoms with E-state index in [1.165, 1.54) is 11.8 Å². The van der Waals surface area contributed by atoms with Gasteiger partial charge in [0, 0.05) is 26.3 Å². The first kappa shape index (κ1) is 14.2. The van der Waals surface area contributed by atoms with Crippen molar-refractivity contribution in [3.63, 3.8) is 0 Å². The Morgan fingerprint density at radius 2 is 2.50 bits per heavy atom. The van der Waals surface area contributed by atoms with Gasteiger partial charge in [-0.05, 0) is 6.42 Å². The van der Waals surface area contributed by atoms with Gasteiger partial charge in [-0.15, -0.1) is 0 Å². The second kappa shape index (κ2) is 6.79. The number of ether oxygens (including phenoxy) is 2. The summed E-state index contributed by atoms with van der Waals surface area (Å²) in [6.07, 6.45) is 1.06.